The predicted octanol–water partition coefficient (Wildman–Crippen LogP) is 20.6. The quantitative estimate of drug-likeness (QED) is 0.0327. The molecular weight excluding hydrogens is 1800 g/mol. The van der Waals surface area contributed by atoms with Crippen molar-refractivity contribution in [3.8, 4) is 46.4 Å². The normalized spacial score (nSPS) is 10.0. The molecule has 0 fully saturated rings. The molecule has 0 aliphatic rings. The summed E-state index contributed by atoms with van der Waals surface area (Å²) < 4.78 is 22.2. The van der Waals surface area contributed by atoms with Crippen LogP contribution >= 0.6 is 0 Å². The molecular formula is C106H98N26O10. The topological polar surface area (TPSA) is 450 Å². The van der Waals surface area contributed by atoms with Gasteiger partial charge in [-0.2, -0.15) is 15.0 Å². The summed E-state index contributed by atoms with van der Waals surface area (Å²) in [5, 5.41) is 16.6. The number of ether oxygens (including phenoxy) is 4. The molecule has 0 saturated carbocycles. The van der Waals surface area contributed by atoms with Crippen LogP contribution in [0.25, 0.3) is 0 Å². The smallest absolute Gasteiger partial charge is 0.274 e. The number of carbonyl (C=O) groups excluding carboxylic acids is 6. The average molecular weight is 1900 g/mol. The first-order chi connectivity index (χ1) is 68.1. The average Bonchev–Trinajstić information content (AvgIpc) is 0.840. The summed E-state index contributed by atoms with van der Waals surface area (Å²) in [4.78, 5) is 150. The summed E-state index contributed by atoms with van der Waals surface area (Å²) in [6.07, 6.45) is 39.3. The van der Waals surface area contributed by atoms with Gasteiger partial charge in [0.25, 0.3) is 35.4 Å². The standard InChI is InChI=1S/C19H18N4O.C18H17N5O.C18H15N3O2.C17H14N4O2.2C16H13N5O2.2CH4/c1-14-5-3-6-15(11-14)19(24)22-18-12-16(8-10-21-18)23(2)17-7-4-9-20-13-17;1-13-4-3-5-14(6-13)18(24)22-15-7-16(9-19-8-15)23(2)17-10-20-12-21-11-17;1-13-5-2-6-14(11-13)18(22)21-16-8-3-9-17(20-16)23-15-7-4-10-19-12-15;1-12-4-2-5-13(8-12)17(22)21-15-10-19-11-16(20-15)23-14-6-3-7-18-9-14;1-11-2-3-20-15(4-11)16(22)21-12-5-13(7-17-6-12)23-14-8-18-10-19-9-14;1-11-3-2-4-12(5-11)16(22)21-14-8-17-9-15(20-14)23-13-6-18-10-19-7-13;;/h3-13H,1-2H3,(H,21,22,24);3-12H,1-2H3,(H,22,24);2-12H,1H3,(H,20,21,22);2-11H,1H3,(H,20,21,22);2-10H,1H3,(H,21,22);2-10H,1H3,(H,20,21,22);2*1H4. The summed E-state index contributed by atoms with van der Waals surface area (Å²) in [5.74, 6) is 3.61. The van der Waals surface area contributed by atoms with E-state index in [4.69, 9.17) is 18.9 Å². The highest BCUT2D eigenvalue weighted by Crippen LogP contribution is 2.30. The van der Waals surface area contributed by atoms with Gasteiger partial charge in [0, 0.05) is 96.8 Å². The summed E-state index contributed by atoms with van der Waals surface area (Å²) in [5.41, 5.74) is 14.0. The molecule has 6 N–H and O–H groups in total. The summed E-state index contributed by atoms with van der Waals surface area (Å²) in [7, 11) is 3.83. The molecule has 13 aromatic heterocycles. The number of anilines is 10. The van der Waals surface area contributed by atoms with Gasteiger partial charge in [-0.3, -0.25) is 68.6 Å². The molecule has 18 aromatic rings. The van der Waals surface area contributed by atoms with E-state index in [1.54, 1.807) is 171 Å². The highest BCUT2D eigenvalue weighted by atomic mass is 16.5. The van der Waals surface area contributed by atoms with Crippen LogP contribution in [0.2, 0.25) is 0 Å². The largest absolute Gasteiger partial charge is 0.452 e. The summed E-state index contributed by atoms with van der Waals surface area (Å²) in [6.45, 7) is 11.6. The van der Waals surface area contributed by atoms with E-state index in [1.807, 2.05) is 181 Å². The lowest BCUT2D eigenvalue weighted by molar-refractivity contribution is 0.101. The van der Waals surface area contributed by atoms with Crippen LogP contribution in [-0.2, 0) is 0 Å². The van der Waals surface area contributed by atoms with E-state index in [-0.39, 0.29) is 62.1 Å². The maximum absolute atomic E-state index is 12.3. The fraction of sp³-hybridized carbons (Fsp3) is 0.0943. The lowest BCUT2D eigenvalue weighted by Crippen LogP contribution is -2.14. The minimum atomic E-state index is -0.310. The van der Waals surface area contributed by atoms with Crippen molar-refractivity contribution in [2.75, 3.05) is 55.8 Å². The van der Waals surface area contributed by atoms with Crippen LogP contribution in [0.3, 0.4) is 0 Å². The Hall–Kier alpha value is -19.7. The van der Waals surface area contributed by atoms with E-state index in [0.717, 1.165) is 56.1 Å². The van der Waals surface area contributed by atoms with E-state index in [0.29, 0.717) is 103 Å². The number of amides is 6. The highest BCUT2D eigenvalue weighted by Gasteiger charge is 2.18. The highest BCUT2D eigenvalue weighted by molar-refractivity contribution is 6.07. The molecule has 0 radical (unpaired) electrons. The van der Waals surface area contributed by atoms with Crippen molar-refractivity contribution in [1.29, 1.82) is 0 Å². The number of carbonyl (C=O) groups is 6. The van der Waals surface area contributed by atoms with E-state index >= 15 is 0 Å². The third-order valence-corrected chi connectivity index (χ3v) is 19.1. The first-order valence-corrected chi connectivity index (χ1v) is 42.8. The number of nitrogens with zero attached hydrogens (tertiary/aromatic N) is 20. The van der Waals surface area contributed by atoms with Gasteiger partial charge in [-0.25, -0.2) is 34.9 Å². The van der Waals surface area contributed by atoms with Gasteiger partial charge in [-0.15, -0.1) is 0 Å². The fourth-order valence-electron chi connectivity index (χ4n) is 12.4. The molecule has 0 aliphatic heterocycles. The maximum atomic E-state index is 12.3. The number of hydrogen-bond acceptors (Lipinski definition) is 30. The second-order valence-corrected chi connectivity index (χ2v) is 30.2. The summed E-state index contributed by atoms with van der Waals surface area (Å²) >= 11 is 0. The van der Waals surface area contributed by atoms with Crippen molar-refractivity contribution in [2.45, 2.75) is 56.4 Å². The van der Waals surface area contributed by atoms with Gasteiger partial charge >= 0.3 is 0 Å². The van der Waals surface area contributed by atoms with Crippen molar-refractivity contribution in [3.63, 3.8) is 0 Å². The Morgan fingerprint density at radius 3 is 1.08 bits per heavy atom. The van der Waals surface area contributed by atoms with Crippen molar-refractivity contribution < 1.29 is 47.7 Å². The monoisotopic (exact) mass is 1890 g/mol. The Balaban J connectivity index is 0.000000162. The van der Waals surface area contributed by atoms with Gasteiger partial charge in [0.15, 0.2) is 23.1 Å². The Morgan fingerprint density at radius 1 is 0.239 bits per heavy atom. The van der Waals surface area contributed by atoms with Gasteiger partial charge in [0.05, 0.1) is 134 Å². The molecule has 142 heavy (non-hydrogen) atoms. The number of pyridine rings is 8. The van der Waals surface area contributed by atoms with Gasteiger partial charge in [0.1, 0.15) is 53.6 Å². The van der Waals surface area contributed by atoms with Crippen molar-refractivity contribution in [3.05, 3.63) is 435 Å². The SMILES string of the molecule is C.C.Cc1cccc(C(=O)Nc2cc(N(C)c3cccnc3)ccn2)c1.Cc1cccc(C(=O)Nc2cccc(Oc3cccnc3)n2)c1.Cc1cccc(C(=O)Nc2cncc(N(C)c3cncnc3)c2)c1.Cc1cccc(C(=O)Nc2cncc(Oc3cccnc3)n2)c1.Cc1cccc(C(=O)Nc2cncc(Oc3cncnc3)n2)c1.Cc1ccnc(C(=O)Nc2cncc(Oc3cncnc3)c2)c1. The van der Waals surface area contributed by atoms with E-state index in [9.17, 15) is 28.8 Å². The van der Waals surface area contributed by atoms with Gasteiger partial charge in [-0.1, -0.05) is 109 Å². The number of nitrogens with one attached hydrogen (secondary N) is 6. The molecule has 0 bridgehead atoms. The second kappa shape index (κ2) is 52.8. The van der Waals surface area contributed by atoms with Gasteiger partial charge in [0.2, 0.25) is 17.6 Å². The van der Waals surface area contributed by atoms with E-state index in [1.165, 1.54) is 81.0 Å². The zero-order valence-electron chi connectivity index (χ0n) is 76.7. The van der Waals surface area contributed by atoms with Crippen LogP contribution in [0.5, 0.6) is 46.4 Å². The Bertz CT molecular complexity index is 6480. The third-order valence-electron chi connectivity index (χ3n) is 19.1. The van der Waals surface area contributed by atoms with E-state index in [2.05, 4.69) is 122 Å². The lowest BCUT2D eigenvalue weighted by atomic mass is 10.1. The Labute approximate surface area is 818 Å². The summed E-state index contributed by atoms with van der Waals surface area (Å²) in [6, 6.07) is 63.8. The minimum Gasteiger partial charge on any atom is -0.452 e. The van der Waals surface area contributed by atoms with Gasteiger partial charge in [-0.05, 0) is 174 Å². The lowest BCUT2D eigenvalue weighted by Gasteiger charge is -2.19. The first kappa shape index (κ1) is 103. The molecule has 18 rings (SSSR count). The fourth-order valence-corrected chi connectivity index (χ4v) is 12.4. The molecule has 5 aromatic carbocycles. The van der Waals surface area contributed by atoms with E-state index < -0.39 is 0 Å². The van der Waals surface area contributed by atoms with Crippen LogP contribution in [0.1, 0.15) is 111 Å². The molecule has 36 heteroatoms. The van der Waals surface area contributed by atoms with Crippen LogP contribution in [0, 0.1) is 41.5 Å². The molecule has 0 atom stereocenters. The second-order valence-electron chi connectivity index (χ2n) is 30.2. The number of aromatic nitrogens is 18. The molecule has 36 nitrogen and oxygen atoms in total. The maximum Gasteiger partial charge on any atom is 0.274 e. The zero-order chi connectivity index (χ0) is 98.2. The van der Waals surface area contributed by atoms with Crippen LogP contribution in [0.4, 0.5) is 57.4 Å². The van der Waals surface area contributed by atoms with Crippen molar-refractivity contribution >= 4 is 92.8 Å². The predicted molar refractivity (Wildman–Crippen MR) is 542 cm³/mol. The van der Waals surface area contributed by atoms with Crippen molar-refractivity contribution in [1.82, 2.24) is 89.7 Å². The van der Waals surface area contributed by atoms with Crippen LogP contribution < -0.4 is 60.6 Å². The van der Waals surface area contributed by atoms with Gasteiger partial charge < -0.3 is 60.6 Å². The number of aryl methyl sites for hydroxylation is 6. The molecule has 0 aliphatic carbocycles. The molecule has 0 saturated heterocycles. The molecule has 712 valence electrons. The minimum absolute atomic E-state index is 0. The Kier molecular flexibility index (Phi) is 38.3. The van der Waals surface area contributed by atoms with Crippen molar-refractivity contribution in [2.24, 2.45) is 0 Å². The number of benzene rings is 5. The zero-order valence-corrected chi connectivity index (χ0v) is 76.7. The number of hydrogen-bond donors (Lipinski definition) is 6. The molecule has 6 amide bonds. The Morgan fingerprint density at radius 2 is 0.606 bits per heavy atom. The molecule has 13 heterocycles. The van der Waals surface area contributed by atoms with Crippen LogP contribution in [0.15, 0.2) is 368 Å². The number of rotatable bonds is 24. The van der Waals surface area contributed by atoms with Crippen LogP contribution in [-0.4, -0.2) is 139 Å². The third kappa shape index (κ3) is 32.9. The molecule has 0 unspecified atom stereocenters. The first-order valence-electron chi connectivity index (χ1n) is 42.8. The molecule has 0 spiro atoms.